The third-order valence-electron chi connectivity index (χ3n) is 2.09. The van der Waals surface area contributed by atoms with E-state index in [9.17, 15) is 4.57 Å². The molecule has 0 aromatic heterocycles. The molecule has 0 aliphatic rings. The minimum absolute atomic E-state index is 0.0555. The second-order valence-corrected chi connectivity index (χ2v) is 4.58. The van der Waals surface area contributed by atoms with Crippen LogP contribution in [0.4, 0.5) is 0 Å². The van der Waals surface area contributed by atoms with E-state index in [0.717, 1.165) is 38.5 Å². The molecule has 0 radical (unpaired) electrons. The highest BCUT2D eigenvalue weighted by Gasteiger charge is 2.26. The summed E-state index contributed by atoms with van der Waals surface area (Å²) in [7, 11) is -1.94. The molecule has 1 atom stereocenters. The highest BCUT2D eigenvalue weighted by atomic mass is 31.1. The van der Waals surface area contributed by atoms with Gasteiger partial charge in [0.2, 0.25) is 0 Å². The van der Waals surface area contributed by atoms with E-state index >= 15 is 0 Å². The van der Waals surface area contributed by atoms with Crippen molar-refractivity contribution in [3.05, 3.63) is 0 Å². The molecule has 0 aromatic rings. The van der Waals surface area contributed by atoms with E-state index in [2.05, 4.69) is 13.8 Å². The Balaban J connectivity index is 3.62. The average molecular weight is 191 g/mol. The van der Waals surface area contributed by atoms with Crippen molar-refractivity contribution in [2.75, 3.05) is 0 Å². The lowest BCUT2D eigenvalue weighted by atomic mass is 10.1. The van der Waals surface area contributed by atoms with Gasteiger partial charge in [0.15, 0.2) is 5.66 Å². The highest BCUT2D eigenvalue weighted by molar-refractivity contribution is 7.38. The minimum atomic E-state index is -1.94. The van der Waals surface area contributed by atoms with E-state index in [1.165, 1.54) is 0 Å². The van der Waals surface area contributed by atoms with Crippen LogP contribution in [-0.2, 0) is 4.57 Å². The molecule has 1 N–H and O–H groups in total. The van der Waals surface area contributed by atoms with Crippen molar-refractivity contribution in [1.29, 1.82) is 0 Å². The van der Waals surface area contributed by atoms with Crippen molar-refractivity contribution in [2.24, 2.45) is 0 Å². The van der Waals surface area contributed by atoms with Crippen LogP contribution in [0.1, 0.15) is 52.4 Å². The smallest absolute Gasteiger partial charge is 0.161 e. The van der Waals surface area contributed by atoms with Crippen LogP contribution in [0.3, 0.4) is 0 Å². The van der Waals surface area contributed by atoms with Gasteiger partial charge < -0.3 is 0 Å². The summed E-state index contributed by atoms with van der Waals surface area (Å²) in [6.45, 7) is 4.22. The molecule has 72 valence electrons. The molecule has 0 fully saturated rings. The lowest BCUT2D eigenvalue weighted by Gasteiger charge is -2.02. The fraction of sp³-hybridized carbons (Fsp3) is 1.00. The number of hydrogen-bond donors (Lipinski definition) is 1. The number of unbranched alkanes of at least 4 members (excludes halogenated alkanes) is 2. The zero-order valence-electron chi connectivity index (χ0n) is 8.12. The lowest BCUT2D eigenvalue weighted by molar-refractivity contribution is 0.469. The van der Waals surface area contributed by atoms with Gasteiger partial charge in [-0.05, 0) is 30.2 Å². The van der Waals surface area contributed by atoms with Gasteiger partial charge in [-0.15, -0.1) is 0 Å². The Morgan fingerprint density at radius 2 is 1.58 bits per heavy atom. The van der Waals surface area contributed by atoms with Crippen LogP contribution in [0.5, 0.6) is 0 Å². The van der Waals surface area contributed by atoms with E-state index in [4.69, 9.17) is 4.89 Å². The molecule has 1 unspecified atom stereocenters. The monoisotopic (exact) mass is 191 g/mol. The predicted octanol–water partition coefficient (Wildman–Crippen LogP) is 3.47. The number of hydrogen-bond acceptors (Lipinski definition) is 1. The fourth-order valence-electron chi connectivity index (χ4n) is 1.24. The first kappa shape index (κ1) is 12.1. The molecule has 12 heavy (non-hydrogen) atoms. The van der Waals surface area contributed by atoms with E-state index in [0.29, 0.717) is 0 Å². The quantitative estimate of drug-likeness (QED) is 0.625. The second-order valence-electron chi connectivity index (χ2n) is 3.24. The Kier molecular flexibility index (Phi) is 7.73. The van der Waals surface area contributed by atoms with Crippen LogP contribution < -0.4 is 0 Å². The molecule has 0 amide bonds. The molecule has 0 heterocycles. The summed E-state index contributed by atoms with van der Waals surface area (Å²) in [6, 6.07) is 0. The Bertz CT molecular complexity index is 118. The summed E-state index contributed by atoms with van der Waals surface area (Å²) in [5.41, 5.74) is 0.0555. The topological polar surface area (TPSA) is 37.3 Å². The van der Waals surface area contributed by atoms with Gasteiger partial charge >= 0.3 is 8.03 Å². The third-order valence-corrected chi connectivity index (χ3v) is 3.24. The van der Waals surface area contributed by atoms with Gasteiger partial charge in [0.05, 0.1) is 0 Å². The second kappa shape index (κ2) is 7.70. The van der Waals surface area contributed by atoms with Crippen LogP contribution >= 0.6 is 8.03 Å². The summed E-state index contributed by atoms with van der Waals surface area (Å²) in [4.78, 5) is 8.97. The van der Waals surface area contributed by atoms with Crippen LogP contribution in [-0.4, -0.2) is 10.6 Å². The van der Waals surface area contributed by atoms with Gasteiger partial charge in [-0.1, -0.05) is 26.7 Å². The molecule has 2 nitrogen and oxygen atoms in total. The Hall–Kier alpha value is 0.0600. The Morgan fingerprint density at radius 1 is 1.17 bits per heavy atom. The SMILES string of the molecule is CCCCC(CCCC)[P+](=O)O. The maximum Gasteiger partial charge on any atom is 0.508 e. The van der Waals surface area contributed by atoms with E-state index < -0.39 is 8.03 Å². The van der Waals surface area contributed by atoms with Gasteiger partial charge in [0.25, 0.3) is 0 Å². The molecule has 3 heteroatoms. The molecule has 0 aliphatic heterocycles. The van der Waals surface area contributed by atoms with Gasteiger partial charge in [-0.3, -0.25) is 0 Å². The predicted molar refractivity (Wildman–Crippen MR) is 52.7 cm³/mol. The Labute approximate surface area is 76.2 Å². The molecule has 0 spiro atoms. The summed E-state index contributed by atoms with van der Waals surface area (Å²) in [5.74, 6) is 0. The van der Waals surface area contributed by atoms with Crippen molar-refractivity contribution in [3.63, 3.8) is 0 Å². The largest absolute Gasteiger partial charge is 0.508 e. The van der Waals surface area contributed by atoms with E-state index in [1.807, 2.05) is 0 Å². The molecule has 0 aromatic carbocycles. The van der Waals surface area contributed by atoms with Crippen LogP contribution in [0, 0.1) is 0 Å². The molecule has 0 saturated carbocycles. The van der Waals surface area contributed by atoms with E-state index in [-0.39, 0.29) is 5.66 Å². The Morgan fingerprint density at radius 3 is 1.83 bits per heavy atom. The van der Waals surface area contributed by atoms with Crippen molar-refractivity contribution in [2.45, 2.75) is 58.0 Å². The zero-order chi connectivity index (χ0) is 9.40. The average Bonchev–Trinajstić information content (AvgIpc) is 2.04. The first-order valence-electron chi connectivity index (χ1n) is 4.87. The lowest BCUT2D eigenvalue weighted by Crippen LogP contribution is -2.01. The van der Waals surface area contributed by atoms with Gasteiger partial charge in [-0.2, -0.15) is 4.89 Å². The van der Waals surface area contributed by atoms with Crippen molar-refractivity contribution < 1.29 is 9.46 Å². The van der Waals surface area contributed by atoms with Crippen molar-refractivity contribution in [1.82, 2.24) is 0 Å². The first-order valence-corrected chi connectivity index (χ1v) is 6.15. The summed E-state index contributed by atoms with van der Waals surface area (Å²) < 4.78 is 10.9. The normalized spacial score (nSPS) is 12.2. The standard InChI is InChI=1S/C9H19O2P/c1-3-5-7-9(12(10)11)8-6-4-2/h9H,3-8H2,1-2H3/p+1. The van der Waals surface area contributed by atoms with Gasteiger partial charge in [0, 0.05) is 0 Å². The molecule has 0 aliphatic carbocycles. The van der Waals surface area contributed by atoms with E-state index in [1.54, 1.807) is 0 Å². The third kappa shape index (κ3) is 5.68. The van der Waals surface area contributed by atoms with Gasteiger partial charge in [-0.25, -0.2) is 0 Å². The highest BCUT2D eigenvalue weighted by Crippen LogP contribution is 2.30. The molecule has 0 bridgehead atoms. The van der Waals surface area contributed by atoms with Crippen LogP contribution in [0.15, 0.2) is 0 Å². The molecular weight excluding hydrogens is 171 g/mol. The minimum Gasteiger partial charge on any atom is -0.161 e. The summed E-state index contributed by atoms with van der Waals surface area (Å²) in [6.07, 6.45) is 6.23. The van der Waals surface area contributed by atoms with Crippen LogP contribution in [0.2, 0.25) is 0 Å². The van der Waals surface area contributed by atoms with Gasteiger partial charge in [0.1, 0.15) is 0 Å². The summed E-state index contributed by atoms with van der Waals surface area (Å²) in [5, 5.41) is 0. The van der Waals surface area contributed by atoms with Crippen LogP contribution in [0.25, 0.3) is 0 Å². The number of rotatable bonds is 7. The van der Waals surface area contributed by atoms with Crippen molar-refractivity contribution in [3.8, 4) is 0 Å². The zero-order valence-corrected chi connectivity index (χ0v) is 9.02. The fourth-order valence-corrected chi connectivity index (χ4v) is 2.05. The maximum atomic E-state index is 10.9. The molecular formula is C9H20O2P+. The molecule has 0 rings (SSSR count). The first-order chi connectivity index (χ1) is 5.72. The summed E-state index contributed by atoms with van der Waals surface area (Å²) >= 11 is 0. The van der Waals surface area contributed by atoms with Crippen molar-refractivity contribution >= 4 is 8.03 Å². The maximum absolute atomic E-state index is 10.9. The molecule has 0 saturated heterocycles.